The second kappa shape index (κ2) is 6.54. The molecule has 0 heterocycles. The number of aliphatic hydroxyl groups is 1. The van der Waals surface area contributed by atoms with Crippen molar-refractivity contribution in [2.75, 3.05) is 6.61 Å². The Hall–Kier alpha value is -1.14. The van der Waals surface area contributed by atoms with E-state index in [0.29, 0.717) is 12.0 Å². The molecule has 1 atom stereocenters. The fraction of sp³-hybridized carbons (Fsp3) is 0.571. The molecular formula is C14H19F4NO. The van der Waals surface area contributed by atoms with Crippen molar-refractivity contribution in [1.82, 2.24) is 5.32 Å². The van der Waals surface area contributed by atoms with E-state index in [2.05, 4.69) is 5.32 Å². The maximum absolute atomic E-state index is 13.2. The number of hydrogen-bond acceptors (Lipinski definition) is 2. The summed E-state index contributed by atoms with van der Waals surface area (Å²) in [6.07, 6.45) is -3.48. The van der Waals surface area contributed by atoms with Gasteiger partial charge >= 0.3 is 6.18 Å². The number of nitrogens with one attached hydrogen (secondary N) is 1. The van der Waals surface area contributed by atoms with Crippen LogP contribution in [-0.4, -0.2) is 17.3 Å². The smallest absolute Gasteiger partial charge is 0.396 e. The highest BCUT2D eigenvalue weighted by atomic mass is 19.4. The average molecular weight is 293 g/mol. The van der Waals surface area contributed by atoms with Gasteiger partial charge in [-0.3, -0.25) is 0 Å². The molecule has 0 bridgehead atoms. The maximum Gasteiger partial charge on any atom is 0.419 e. The summed E-state index contributed by atoms with van der Waals surface area (Å²) >= 11 is 0. The van der Waals surface area contributed by atoms with E-state index in [1.165, 1.54) is 6.07 Å². The Kier molecular flexibility index (Phi) is 5.53. The molecule has 0 radical (unpaired) electrons. The van der Waals surface area contributed by atoms with Crippen LogP contribution in [0.3, 0.4) is 0 Å². The number of aliphatic hydroxyl groups excluding tert-OH is 1. The lowest BCUT2D eigenvalue weighted by molar-refractivity contribution is -0.140. The van der Waals surface area contributed by atoms with Crippen molar-refractivity contribution in [2.45, 2.75) is 44.9 Å². The Labute approximate surface area is 115 Å². The molecular weight excluding hydrogens is 274 g/mol. The molecule has 0 aliphatic carbocycles. The van der Waals surface area contributed by atoms with Crippen LogP contribution in [0.2, 0.25) is 0 Å². The first-order chi connectivity index (χ1) is 9.22. The van der Waals surface area contributed by atoms with Crippen LogP contribution in [0.15, 0.2) is 18.2 Å². The molecule has 1 aromatic carbocycles. The van der Waals surface area contributed by atoms with Gasteiger partial charge < -0.3 is 10.4 Å². The molecule has 0 amide bonds. The Morgan fingerprint density at radius 3 is 2.40 bits per heavy atom. The van der Waals surface area contributed by atoms with Crippen molar-refractivity contribution < 1.29 is 22.7 Å². The lowest BCUT2D eigenvalue weighted by atomic mass is 9.94. The summed E-state index contributed by atoms with van der Waals surface area (Å²) in [5.41, 5.74) is -1.25. The predicted molar refractivity (Wildman–Crippen MR) is 68.6 cm³/mol. The lowest BCUT2D eigenvalue weighted by Crippen LogP contribution is -2.42. The molecule has 0 saturated carbocycles. The van der Waals surface area contributed by atoms with Crippen molar-refractivity contribution in [3.8, 4) is 0 Å². The molecule has 0 aromatic heterocycles. The van der Waals surface area contributed by atoms with Crippen molar-refractivity contribution in [3.05, 3.63) is 35.1 Å². The molecule has 0 spiro atoms. The van der Waals surface area contributed by atoms with E-state index in [4.69, 9.17) is 5.11 Å². The van der Waals surface area contributed by atoms with Crippen LogP contribution < -0.4 is 5.32 Å². The summed E-state index contributed by atoms with van der Waals surface area (Å²) in [7, 11) is 0. The van der Waals surface area contributed by atoms with E-state index >= 15 is 0 Å². The highest BCUT2D eigenvalue weighted by molar-refractivity contribution is 5.27. The molecule has 1 rings (SSSR count). The minimum atomic E-state index is -4.70. The van der Waals surface area contributed by atoms with Crippen LogP contribution in [-0.2, 0) is 12.7 Å². The molecule has 0 saturated heterocycles. The standard InChI is InChI=1S/C14H19F4NO/c1-3-13(2,6-7-20)19-9-10-4-5-12(15)11(8-10)14(16,17)18/h4-5,8,19-20H,3,6-7,9H2,1-2H3. The largest absolute Gasteiger partial charge is 0.419 e. The van der Waals surface area contributed by atoms with Crippen LogP contribution in [0, 0.1) is 5.82 Å². The number of rotatable bonds is 6. The van der Waals surface area contributed by atoms with Gasteiger partial charge in [0, 0.05) is 18.7 Å². The van der Waals surface area contributed by atoms with E-state index < -0.39 is 17.6 Å². The zero-order chi connectivity index (χ0) is 15.4. The summed E-state index contributed by atoms with van der Waals surface area (Å²) in [5.74, 6) is -1.27. The minimum Gasteiger partial charge on any atom is -0.396 e. The van der Waals surface area contributed by atoms with Gasteiger partial charge in [-0.2, -0.15) is 13.2 Å². The van der Waals surface area contributed by atoms with Crippen molar-refractivity contribution in [3.63, 3.8) is 0 Å². The number of hydrogen-bond donors (Lipinski definition) is 2. The highest BCUT2D eigenvalue weighted by Gasteiger charge is 2.34. The second-order valence-electron chi connectivity index (χ2n) is 5.05. The van der Waals surface area contributed by atoms with Gasteiger partial charge in [0.05, 0.1) is 5.56 Å². The number of benzene rings is 1. The van der Waals surface area contributed by atoms with Crippen LogP contribution in [0.1, 0.15) is 37.8 Å². The van der Waals surface area contributed by atoms with E-state index in [0.717, 1.165) is 18.6 Å². The van der Waals surface area contributed by atoms with Gasteiger partial charge in [-0.25, -0.2) is 4.39 Å². The molecule has 0 aliphatic rings. The normalized spacial score (nSPS) is 15.2. The summed E-state index contributed by atoms with van der Waals surface area (Å²) < 4.78 is 50.9. The topological polar surface area (TPSA) is 32.3 Å². The Balaban J connectivity index is 2.84. The first-order valence-corrected chi connectivity index (χ1v) is 6.43. The summed E-state index contributed by atoms with van der Waals surface area (Å²) in [6, 6.07) is 2.97. The van der Waals surface area contributed by atoms with Crippen molar-refractivity contribution in [2.24, 2.45) is 0 Å². The highest BCUT2D eigenvalue weighted by Crippen LogP contribution is 2.32. The lowest BCUT2D eigenvalue weighted by Gasteiger charge is -2.29. The Bertz CT molecular complexity index is 447. The quantitative estimate of drug-likeness (QED) is 0.787. The van der Waals surface area contributed by atoms with E-state index in [9.17, 15) is 17.6 Å². The Morgan fingerprint density at radius 1 is 1.25 bits per heavy atom. The molecule has 114 valence electrons. The minimum absolute atomic E-state index is 0.00540. The summed E-state index contributed by atoms with van der Waals surface area (Å²) in [5, 5.41) is 12.1. The molecule has 0 fully saturated rings. The van der Waals surface area contributed by atoms with Crippen molar-refractivity contribution in [1.29, 1.82) is 0 Å². The molecule has 1 aromatic rings. The van der Waals surface area contributed by atoms with Gasteiger partial charge in [-0.05, 0) is 37.5 Å². The summed E-state index contributed by atoms with van der Waals surface area (Å²) in [6.45, 7) is 3.99. The third kappa shape index (κ3) is 4.45. The van der Waals surface area contributed by atoms with Crippen LogP contribution in [0.4, 0.5) is 17.6 Å². The SMILES string of the molecule is CCC(C)(CCO)NCc1ccc(F)c(C(F)(F)F)c1. The average Bonchev–Trinajstić information content (AvgIpc) is 2.37. The van der Waals surface area contributed by atoms with Gasteiger partial charge in [-0.1, -0.05) is 13.0 Å². The molecule has 0 aliphatic heterocycles. The Morgan fingerprint density at radius 2 is 1.90 bits per heavy atom. The second-order valence-corrected chi connectivity index (χ2v) is 5.05. The van der Waals surface area contributed by atoms with Crippen LogP contribution >= 0.6 is 0 Å². The molecule has 20 heavy (non-hydrogen) atoms. The monoisotopic (exact) mass is 293 g/mol. The number of alkyl halides is 3. The fourth-order valence-corrected chi connectivity index (χ4v) is 1.85. The van der Waals surface area contributed by atoms with E-state index in [1.807, 2.05) is 13.8 Å². The third-order valence-corrected chi connectivity index (χ3v) is 3.50. The van der Waals surface area contributed by atoms with Gasteiger partial charge in [0.25, 0.3) is 0 Å². The summed E-state index contributed by atoms with van der Waals surface area (Å²) in [4.78, 5) is 0. The molecule has 1 unspecified atom stereocenters. The van der Waals surface area contributed by atoms with Crippen LogP contribution in [0.5, 0.6) is 0 Å². The van der Waals surface area contributed by atoms with E-state index in [1.54, 1.807) is 0 Å². The third-order valence-electron chi connectivity index (χ3n) is 3.50. The van der Waals surface area contributed by atoms with Crippen molar-refractivity contribution >= 4 is 0 Å². The van der Waals surface area contributed by atoms with Gasteiger partial charge in [0.15, 0.2) is 0 Å². The molecule has 2 N–H and O–H groups in total. The van der Waals surface area contributed by atoms with Crippen LogP contribution in [0.25, 0.3) is 0 Å². The first-order valence-electron chi connectivity index (χ1n) is 6.43. The van der Waals surface area contributed by atoms with Gasteiger partial charge in [0.1, 0.15) is 5.82 Å². The molecule has 6 heteroatoms. The first kappa shape index (κ1) is 16.9. The zero-order valence-corrected chi connectivity index (χ0v) is 11.5. The van der Waals surface area contributed by atoms with Gasteiger partial charge in [0.2, 0.25) is 0 Å². The maximum atomic E-state index is 13.2. The zero-order valence-electron chi connectivity index (χ0n) is 11.5. The number of halogens is 4. The molecule has 2 nitrogen and oxygen atoms in total. The fourth-order valence-electron chi connectivity index (χ4n) is 1.85. The van der Waals surface area contributed by atoms with E-state index in [-0.39, 0.29) is 18.7 Å². The van der Waals surface area contributed by atoms with Gasteiger partial charge in [-0.15, -0.1) is 0 Å². The predicted octanol–water partition coefficient (Wildman–Crippen LogP) is 3.49.